The number of hydrogen-bond acceptors (Lipinski definition) is 5. The van der Waals surface area contributed by atoms with Crippen molar-refractivity contribution < 1.29 is 4.74 Å². The minimum Gasteiger partial charge on any atom is -0.493 e. The van der Waals surface area contributed by atoms with Crippen LogP contribution in [-0.4, -0.2) is 36.4 Å². The zero-order chi connectivity index (χ0) is 17.3. The molecule has 1 saturated heterocycles. The van der Waals surface area contributed by atoms with Gasteiger partial charge >= 0.3 is 0 Å². The van der Waals surface area contributed by atoms with E-state index in [4.69, 9.17) is 4.74 Å². The lowest BCUT2D eigenvalue weighted by molar-refractivity contribution is 0.356. The van der Waals surface area contributed by atoms with E-state index in [1.165, 1.54) is 41.6 Å². The summed E-state index contributed by atoms with van der Waals surface area (Å²) in [6.07, 6.45) is 5.87. The number of aromatic nitrogens is 2. The van der Waals surface area contributed by atoms with Gasteiger partial charge in [0.2, 0.25) is 0 Å². The van der Waals surface area contributed by atoms with Crippen LogP contribution in [0.5, 0.6) is 5.75 Å². The first-order chi connectivity index (χ1) is 12.8. The van der Waals surface area contributed by atoms with Gasteiger partial charge in [-0.05, 0) is 54.5 Å². The lowest BCUT2D eigenvalue weighted by Crippen LogP contribution is -2.51. The molecule has 1 aliphatic carbocycles. The van der Waals surface area contributed by atoms with Gasteiger partial charge in [-0.3, -0.25) is 0 Å². The van der Waals surface area contributed by atoms with Crippen molar-refractivity contribution in [2.24, 2.45) is 5.92 Å². The van der Waals surface area contributed by atoms with Gasteiger partial charge in [0.15, 0.2) is 5.82 Å². The van der Waals surface area contributed by atoms with Gasteiger partial charge in [-0.15, -0.1) is 5.10 Å². The molecule has 0 spiro atoms. The molecule has 1 fully saturated rings. The molecule has 1 aromatic carbocycles. The summed E-state index contributed by atoms with van der Waals surface area (Å²) in [6.45, 7) is 4.98. The van der Waals surface area contributed by atoms with E-state index in [0.29, 0.717) is 5.92 Å². The average molecular weight is 350 g/mol. The maximum absolute atomic E-state index is 5.57. The predicted molar refractivity (Wildman–Crippen MR) is 102 cm³/mol. The highest BCUT2D eigenvalue weighted by Gasteiger charge is 2.28. The summed E-state index contributed by atoms with van der Waals surface area (Å²) in [5.41, 5.74) is 5.35. The van der Waals surface area contributed by atoms with Gasteiger partial charge in [0, 0.05) is 38.5 Å². The lowest BCUT2D eigenvalue weighted by Gasteiger charge is -2.40. The molecular weight excluding hydrogens is 324 g/mol. The van der Waals surface area contributed by atoms with E-state index in [2.05, 4.69) is 44.7 Å². The summed E-state index contributed by atoms with van der Waals surface area (Å²) in [5, 5.41) is 12.5. The molecule has 3 aliphatic rings. The Morgan fingerprint density at radius 2 is 1.96 bits per heavy atom. The van der Waals surface area contributed by atoms with Crippen molar-refractivity contribution in [1.82, 2.24) is 15.5 Å². The monoisotopic (exact) mass is 350 g/mol. The van der Waals surface area contributed by atoms with Crippen LogP contribution in [0.25, 0.3) is 0 Å². The molecule has 3 heterocycles. The van der Waals surface area contributed by atoms with E-state index in [0.717, 1.165) is 57.2 Å². The van der Waals surface area contributed by atoms with Crippen LogP contribution in [0.4, 0.5) is 5.82 Å². The molecule has 1 N–H and O–H groups in total. The smallest absolute Gasteiger partial charge is 0.151 e. The number of aryl methyl sites for hydroxylation is 2. The first kappa shape index (κ1) is 16.1. The fraction of sp³-hybridized carbons (Fsp3) is 0.524. The standard InChI is InChI=1S/C21H26N4O/c1-2-4-19-17(3-1)10-21(24-23-19)25-13-16(14-25)12-22-11-15-5-6-20-18(9-15)7-8-26-20/h5-6,9-10,16,22H,1-4,7-8,11-14H2. The number of fused-ring (bicyclic) bond motifs is 2. The van der Waals surface area contributed by atoms with Crippen molar-refractivity contribution in [3.05, 3.63) is 46.6 Å². The lowest BCUT2D eigenvalue weighted by atomic mass is 9.95. The van der Waals surface area contributed by atoms with E-state index < -0.39 is 0 Å². The topological polar surface area (TPSA) is 50.3 Å². The highest BCUT2D eigenvalue weighted by atomic mass is 16.5. The van der Waals surface area contributed by atoms with Gasteiger partial charge < -0.3 is 15.0 Å². The molecule has 5 rings (SSSR count). The molecule has 0 saturated carbocycles. The molecule has 2 aliphatic heterocycles. The number of ether oxygens (including phenoxy) is 1. The SMILES string of the molecule is c1cc2c(cc1CNCC1CN(c3cc4c(nn3)CCCC4)C1)CCO2. The van der Waals surface area contributed by atoms with Gasteiger partial charge in [0.25, 0.3) is 0 Å². The van der Waals surface area contributed by atoms with Gasteiger partial charge in [-0.1, -0.05) is 12.1 Å². The van der Waals surface area contributed by atoms with E-state index in [-0.39, 0.29) is 0 Å². The Hall–Kier alpha value is -2.14. The van der Waals surface area contributed by atoms with Crippen LogP contribution < -0.4 is 15.0 Å². The number of nitrogens with one attached hydrogen (secondary N) is 1. The number of benzene rings is 1. The third-order valence-electron chi connectivity index (χ3n) is 5.85. The van der Waals surface area contributed by atoms with Crippen molar-refractivity contribution in [2.45, 2.75) is 38.6 Å². The van der Waals surface area contributed by atoms with E-state index in [1.54, 1.807) is 0 Å². The molecule has 2 aromatic rings. The Kier molecular flexibility index (Phi) is 4.25. The zero-order valence-electron chi connectivity index (χ0n) is 15.2. The maximum Gasteiger partial charge on any atom is 0.151 e. The summed E-state index contributed by atoms with van der Waals surface area (Å²) < 4.78 is 5.57. The van der Waals surface area contributed by atoms with E-state index in [1.807, 2.05) is 0 Å². The van der Waals surface area contributed by atoms with Crippen molar-refractivity contribution >= 4 is 5.82 Å². The first-order valence-corrected chi connectivity index (χ1v) is 9.91. The fourth-order valence-corrected chi connectivity index (χ4v) is 4.29. The number of rotatable bonds is 5. The molecule has 1 aromatic heterocycles. The molecule has 5 heteroatoms. The maximum atomic E-state index is 5.57. The molecule has 0 bridgehead atoms. The first-order valence-electron chi connectivity index (χ1n) is 9.91. The van der Waals surface area contributed by atoms with Gasteiger partial charge in [-0.25, -0.2) is 0 Å². The minimum absolute atomic E-state index is 0.700. The summed E-state index contributed by atoms with van der Waals surface area (Å²) in [5.74, 6) is 2.83. The number of nitrogens with zero attached hydrogens (tertiary/aromatic N) is 3. The molecule has 0 unspecified atom stereocenters. The molecule has 0 amide bonds. The molecule has 5 nitrogen and oxygen atoms in total. The summed E-state index contributed by atoms with van der Waals surface area (Å²) >= 11 is 0. The second-order valence-electron chi connectivity index (χ2n) is 7.82. The largest absolute Gasteiger partial charge is 0.493 e. The third kappa shape index (κ3) is 3.16. The van der Waals surface area contributed by atoms with Crippen molar-refractivity contribution in [2.75, 3.05) is 31.1 Å². The molecular formula is C21H26N4O. The van der Waals surface area contributed by atoms with Crippen LogP contribution in [0.15, 0.2) is 24.3 Å². The van der Waals surface area contributed by atoms with Crippen molar-refractivity contribution in [3.8, 4) is 5.75 Å². The van der Waals surface area contributed by atoms with E-state index in [9.17, 15) is 0 Å². The quantitative estimate of drug-likeness (QED) is 0.898. The summed E-state index contributed by atoms with van der Waals surface area (Å²) in [4.78, 5) is 2.36. The fourth-order valence-electron chi connectivity index (χ4n) is 4.29. The number of hydrogen-bond donors (Lipinski definition) is 1. The Morgan fingerprint density at radius 3 is 2.92 bits per heavy atom. The van der Waals surface area contributed by atoms with Crippen LogP contribution in [0.2, 0.25) is 0 Å². The number of anilines is 1. The minimum atomic E-state index is 0.700. The van der Waals surface area contributed by atoms with Crippen LogP contribution in [-0.2, 0) is 25.8 Å². The van der Waals surface area contributed by atoms with Gasteiger partial charge in [-0.2, -0.15) is 5.10 Å². The predicted octanol–water partition coefficient (Wildman–Crippen LogP) is 2.52. The Balaban J connectivity index is 1.10. The second kappa shape index (κ2) is 6.88. The van der Waals surface area contributed by atoms with Crippen molar-refractivity contribution in [1.29, 1.82) is 0 Å². The highest BCUT2D eigenvalue weighted by Crippen LogP contribution is 2.27. The van der Waals surface area contributed by atoms with Crippen LogP contribution in [0.1, 0.15) is 35.2 Å². The normalized spacial score (nSPS) is 18.8. The highest BCUT2D eigenvalue weighted by molar-refractivity contribution is 5.44. The van der Waals surface area contributed by atoms with Crippen molar-refractivity contribution in [3.63, 3.8) is 0 Å². The Labute approximate surface area is 154 Å². The van der Waals surface area contributed by atoms with Gasteiger partial charge in [0.05, 0.1) is 12.3 Å². The Morgan fingerprint density at radius 1 is 1.04 bits per heavy atom. The Bertz CT molecular complexity index is 801. The third-order valence-corrected chi connectivity index (χ3v) is 5.85. The van der Waals surface area contributed by atoms with E-state index >= 15 is 0 Å². The summed E-state index contributed by atoms with van der Waals surface area (Å²) in [7, 11) is 0. The summed E-state index contributed by atoms with van der Waals surface area (Å²) in [6, 6.07) is 8.84. The zero-order valence-corrected chi connectivity index (χ0v) is 15.2. The van der Waals surface area contributed by atoms with Crippen LogP contribution >= 0.6 is 0 Å². The molecule has 26 heavy (non-hydrogen) atoms. The second-order valence-corrected chi connectivity index (χ2v) is 7.82. The van der Waals surface area contributed by atoms with Crippen LogP contribution in [0, 0.1) is 5.92 Å². The molecule has 136 valence electrons. The average Bonchev–Trinajstić information content (AvgIpc) is 3.11. The van der Waals surface area contributed by atoms with Gasteiger partial charge in [0.1, 0.15) is 5.75 Å². The van der Waals surface area contributed by atoms with Crippen LogP contribution in [0.3, 0.4) is 0 Å². The molecule has 0 atom stereocenters. The molecule has 0 radical (unpaired) electrons.